The van der Waals surface area contributed by atoms with Crippen molar-refractivity contribution in [1.29, 1.82) is 0 Å². The Hall–Kier alpha value is -1.28. The Morgan fingerprint density at radius 3 is 2.69 bits per heavy atom. The number of aromatic nitrogens is 1. The van der Waals surface area contributed by atoms with Gasteiger partial charge in [-0.1, -0.05) is 12.1 Å². The van der Waals surface area contributed by atoms with E-state index in [-0.39, 0.29) is 0 Å². The van der Waals surface area contributed by atoms with Gasteiger partial charge in [-0.15, -0.1) is 0 Å². The number of benzene rings is 1. The number of nitrogens with zero attached hydrogens (tertiary/aromatic N) is 1. The van der Waals surface area contributed by atoms with Crippen LogP contribution in [0.4, 0.5) is 0 Å². The molecule has 0 radical (unpaired) electrons. The summed E-state index contributed by atoms with van der Waals surface area (Å²) in [5, 5.41) is 4.62. The van der Waals surface area contributed by atoms with E-state index in [1.807, 2.05) is 7.05 Å². The van der Waals surface area contributed by atoms with Crippen molar-refractivity contribution in [2.24, 2.45) is 0 Å². The fourth-order valence-electron chi connectivity index (χ4n) is 2.38. The van der Waals surface area contributed by atoms with Crippen molar-refractivity contribution in [3.05, 3.63) is 35.5 Å². The largest absolute Gasteiger partial charge is 0.341 e. The molecule has 0 amide bonds. The van der Waals surface area contributed by atoms with E-state index >= 15 is 0 Å². The van der Waals surface area contributed by atoms with Gasteiger partial charge in [-0.25, -0.2) is 0 Å². The number of hydrogen-bond acceptors (Lipinski definition) is 1. The maximum Gasteiger partial charge on any atom is 0.0488 e. The average Bonchev–Trinajstić information content (AvgIpc) is 2.58. The third kappa shape index (κ3) is 1.74. The quantitative estimate of drug-likeness (QED) is 0.833. The van der Waals surface area contributed by atoms with E-state index in [0.29, 0.717) is 6.04 Å². The number of aryl methyl sites for hydroxylation is 1. The first kappa shape index (κ1) is 11.2. The maximum absolute atomic E-state index is 3.24. The van der Waals surface area contributed by atoms with Crippen LogP contribution >= 0.6 is 0 Å². The van der Waals surface area contributed by atoms with E-state index in [2.05, 4.69) is 54.9 Å². The average molecular weight is 216 g/mol. The molecule has 0 bridgehead atoms. The van der Waals surface area contributed by atoms with Crippen LogP contribution in [0.2, 0.25) is 0 Å². The molecule has 1 heterocycles. The van der Waals surface area contributed by atoms with Crippen molar-refractivity contribution >= 4 is 10.9 Å². The van der Waals surface area contributed by atoms with Crippen LogP contribution in [-0.2, 0) is 6.54 Å². The topological polar surface area (TPSA) is 17.0 Å². The van der Waals surface area contributed by atoms with Gasteiger partial charge in [-0.3, -0.25) is 0 Å². The highest BCUT2D eigenvalue weighted by atomic mass is 15.0. The molecular formula is C14H20N2. The normalized spacial score (nSPS) is 11.6. The first-order valence-electron chi connectivity index (χ1n) is 5.89. The fourth-order valence-corrected chi connectivity index (χ4v) is 2.38. The van der Waals surface area contributed by atoms with Gasteiger partial charge in [0.1, 0.15) is 0 Å². The second-order valence-electron chi connectivity index (χ2n) is 4.64. The molecule has 0 saturated carbocycles. The minimum absolute atomic E-state index is 0.502. The smallest absolute Gasteiger partial charge is 0.0488 e. The molecule has 86 valence electrons. The number of rotatable bonds is 3. The van der Waals surface area contributed by atoms with Crippen LogP contribution in [0.1, 0.15) is 31.1 Å². The summed E-state index contributed by atoms with van der Waals surface area (Å²) in [6.45, 7) is 7.57. The Kier molecular flexibility index (Phi) is 3.01. The van der Waals surface area contributed by atoms with Gasteiger partial charge in [0.05, 0.1) is 0 Å². The predicted octanol–water partition coefficient (Wildman–Crippen LogP) is 3.25. The first-order valence-corrected chi connectivity index (χ1v) is 5.89. The molecule has 0 fully saturated rings. The Balaban J connectivity index is 2.70. The molecule has 1 aromatic heterocycles. The van der Waals surface area contributed by atoms with Crippen molar-refractivity contribution < 1.29 is 0 Å². The zero-order chi connectivity index (χ0) is 11.7. The van der Waals surface area contributed by atoms with Gasteiger partial charge in [-0.05, 0) is 45.5 Å². The van der Waals surface area contributed by atoms with Gasteiger partial charge in [0, 0.05) is 29.2 Å². The highest BCUT2D eigenvalue weighted by Gasteiger charge is 2.11. The Bertz CT molecular complexity index is 495. The number of fused-ring (bicyclic) bond motifs is 1. The van der Waals surface area contributed by atoms with Crippen molar-refractivity contribution in [3.63, 3.8) is 0 Å². The van der Waals surface area contributed by atoms with Crippen LogP contribution in [0.25, 0.3) is 10.9 Å². The van der Waals surface area contributed by atoms with Gasteiger partial charge < -0.3 is 9.88 Å². The van der Waals surface area contributed by atoms with Crippen molar-refractivity contribution in [3.8, 4) is 0 Å². The molecule has 0 spiro atoms. The molecule has 2 nitrogen and oxygen atoms in total. The summed E-state index contributed by atoms with van der Waals surface area (Å²) in [6, 6.07) is 9.33. The summed E-state index contributed by atoms with van der Waals surface area (Å²) in [7, 11) is 2.00. The second kappa shape index (κ2) is 4.30. The van der Waals surface area contributed by atoms with Crippen LogP contribution < -0.4 is 5.32 Å². The van der Waals surface area contributed by atoms with Gasteiger partial charge in [0.25, 0.3) is 0 Å². The molecule has 1 N–H and O–H groups in total. The number of hydrogen-bond donors (Lipinski definition) is 1. The van der Waals surface area contributed by atoms with Crippen LogP contribution in [0, 0.1) is 6.92 Å². The molecule has 0 aliphatic rings. The van der Waals surface area contributed by atoms with E-state index in [1.54, 1.807) is 0 Å². The third-order valence-electron chi connectivity index (χ3n) is 3.06. The van der Waals surface area contributed by atoms with E-state index in [4.69, 9.17) is 0 Å². The molecular weight excluding hydrogens is 196 g/mol. The second-order valence-corrected chi connectivity index (χ2v) is 4.64. The van der Waals surface area contributed by atoms with Gasteiger partial charge in [0.2, 0.25) is 0 Å². The lowest BCUT2D eigenvalue weighted by molar-refractivity contribution is 0.581. The van der Waals surface area contributed by atoms with Crippen LogP contribution in [-0.4, -0.2) is 11.6 Å². The third-order valence-corrected chi connectivity index (χ3v) is 3.06. The fraction of sp³-hybridized carbons (Fsp3) is 0.429. The lowest BCUT2D eigenvalue weighted by atomic mass is 10.1. The standard InChI is InChI=1S/C14H20N2/c1-10(2)16-12(9-15-4)8-13-11(3)6-5-7-14(13)16/h5-8,10,15H,9H2,1-4H3. The minimum atomic E-state index is 0.502. The molecule has 2 rings (SSSR count). The van der Waals surface area contributed by atoms with Gasteiger partial charge >= 0.3 is 0 Å². The van der Waals surface area contributed by atoms with Crippen molar-refractivity contribution in [2.75, 3.05) is 7.05 Å². The summed E-state index contributed by atoms with van der Waals surface area (Å²) in [5.74, 6) is 0. The summed E-state index contributed by atoms with van der Waals surface area (Å²) in [6.07, 6.45) is 0. The maximum atomic E-state index is 3.24. The molecule has 0 aliphatic heterocycles. The molecule has 0 saturated heterocycles. The van der Waals surface area contributed by atoms with Gasteiger partial charge in [-0.2, -0.15) is 0 Å². The highest BCUT2D eigenvalue weighted by Crippen LogP contribution is 2.26. The summed E-state index contributed by atoms with van der Waals surface area (Å²) in [5.41, 5.74) is 4.07. The Morgan fingerprint density at radius 1 is 1.31 bits per heavy atom. The molecule has 0 unspecified atom stereocenters. The molecule has 2 aromatic rings. The van der Waals surface area contributed by atoms with E-state index in [9.17, 15) is 0 Å². The van der Waals surface area contributed by atoms with E-state index in [0.717, 1.165) is 6.54 Å². The highest BCUT2D eigenvalue weighted by molar-refractivity contribution is 5.84. The van der Waals surface area contributed by atoms with Gasteiger partial charge in [0.15, 0.2) is 0 Å². The molecule has 0 atom stereocenters. The summed E-state index contributed by atoms with van der Waals surface area (Å²) in [4.78, 5) is 0. The molecule has 2 heteroatoms. The Morgan fingerprint density at radius 2 is 2.06 bits per heavy atom. The lowest BCUT2D eigenvalue weighted by Crippen LogP contribution is -2.12. The van der Waals surface area contributed by atoms with Crippen LogP contribution in [0.5, 0.6) is 0 Å². The predicted molar refractivity (Wildman–Crippen MR) is 69.8 cm³/mol. The molecule has 0 aliphatic carbocycles. The summed E-state index contributed by atoms with van der Waals surface area (Å²) >= 11 is 0. The van der Waals surface area contributed by atoms with Crippen LogP contribution in [0.3, 0.4) is 0 Å². The first-order chi connectivity index (χ1) is 7.65. The minimum Gasteiger partial charge on any atom is -0.341 e. The SMILES string of the molecule is CNCc1cc2c(C)cccc2n1C(C)C. The molecule has 1 aromatic carbocycles. The zero-order valence-electron chi connectivity index (χ0n) is 10.5. The van der Waals surface area contributed by atoms with Crippen molar-refractivity contribution in [2.45, 2.75) is 33.4 Å². The zero-order valence-corrected chi connectivity index (χ0v) is 10.5. The van der Waals surface area contributed by atoms with Crippen LogP contribution in [0.15, 0.2) is 24.3 Å². The molecule has 16 heavy (non-hydrogen) atoms. The Labute approximate surface area is 97.3 Å². The number of nitrogens with one attached hydrogen (secondary N) is 1. The summed E-state index contributed by atoms with van der Waals surface area (Å²) < 4.78 is 2.42. The van der Waals surface area contributed by atoms with E-state index < -0.39 is 0 Å². The monoisotopic (exact) mass is 216 g/mol. The van der Waals surface area contributed by atoms with E-state index in [1.165, 1.54) is 22.2 Å². The lowest BCUT2D eigenvalue weighted by Gasteiger charge is -2.14. The van der Waals surface area contributed by atoms with Crippen molar-refractivity contribution in [1.82, 2.24) is 9.88 Å².